The Kier molecular flexibility index (Phi) is 7.36. The molecule has 0 radical (unpaired) electrons. The van der Waals surface area contributed by atoms with E-state index >= 15 is 0 Å². The van der Waals surface area contributed by atoms with E-state index in [0.29, 0.717) is 39.1 Å². The molecule has 4 rings (SSSR count). The van der Waals surface area contributed by atoms with Gasteiger partial charge < -0.3 is 19.8 Å². The molecule has 180 valence electrons. The highest BCUT2D eigenvalue weighted by Gasteiger charge is 2.20. The molecule has 0 bridgehead atoms. The van der Waals surface area contributed by atoms with Crippen LogP contribution in [0.25, 0.3) is 11.1 Å². The molecule has 4 aromatic rings. The predicted molar refractivity (Wildman–Crippen MR) is 136 cm³/mol. The van der Waals surface area contributed by atoms with Gasteiger partial charge in [-0.1, -0.05) is 48.2 Å². The zero-order valence-corrected chi connectivity index (χ0v) is 20.7. The first-order valence-corrected chi connectivity index (χ1v) is 12.0. The number of carbonyl (C=O) groups is 2. The summed E-state index contributed by atoms with van der Waals surface area (Å²) < 4.78 is 11.2. The number of rotatable bonds is 8. The number of aromatic nitrogens is 2. The Hall–Kier alpha value is -3.85. The van der Waals surface area contributed by atoms with Crippen LogP contribution in [0.5, 0.6) is 5.75 Å². The van der Waals surface area contributed by atoms with Crippen LogP contribution in [0.15, 0.2) is 64.2 Å². The first kappa shape index (κ1) is 24.3. The van der Waals surface area contributed by atoms with Crippen molar-refractivity contribution in [2.45, 2.75) is 32.0 Å². The van der Waals surface area contributed by atoms with Crippen LogP contribution in [0, 0.1) is 13.8 Å². The summed E-state index contributed by atoms with van der Waals surface area (Å²) in [5.41, 5.74) is 2.61. The average Bonchev–Trinajstić information content (AvgIpc) is 3.16. The predicted octanol–water partition coefficient (Wildman–Crippen LogP) is 5.07. The lowest BCUT2D eigenvalue weighted by Gasteiger charge is -2.17. The molecular weight excluding hydrogens is 464 g/mol. The molecule has 2 heterocycles. The molecule has 0 unspecified atom stereocenters. The van der Waals surface area contributed by atoms with Crippen LogP contribution in [-0.2, 0) is 4.79 Å². The first-order chi connectivity index (χ1) is 16.9. The van der Waals surface area contributed by atoms with Crippen LogP contribution >= 0.6 is 11.8 Å². The number of carbonyl (C=O) groups excluding carboxylic acids is 2. The number of ether oxygens (including phenoxy) is 1. The summed E-state index contributed by atoms with van der Waals surface area (Å²) in [5.74, 6) is 1.38. The molecule has 2 amide bonds. The average molecular weight is 491 g/mol. The van der Waals surface area contributed by atoms with Crippen molar-refractivity contribution in [2.75, 3.05) is 18.2 Å². The maximum absolute atomic E-state index is 12.8. The number of thioether (sulfide) groups is 1. The zero-order chi connectivity index (χ0) is 24.9. The molecule has 0 aliphatic heterocycles. The molecule has 9 heteroatoms. The van der Waals surface area contributed by atoms with Crippen LogP contribution in [0.2, 0.25) is 0 Å². The van der Waals surface area contributed by atoms with E-state index in [2.05, 4.69) is 20.6 Å². The fraction of sp³-hybridized carbons (Fsp3) is 0.231. The Bertz CT molecular complexity index is 1370. The lowest BCUT2D eigenvalue weighted by atomic mass is 10.1. The highest BCUT2D eigenvalue weighted by molar-refractivity contribution is 7.99. The number of amides is 2. The number of nitrogens with one attached hydrogen (secondary N) is 2. The molecule has 2 aromatic heterocycles. The lowest BCUT2D eigenvalue weighted by Crippen LogP contribution is -2.28. The number of para-hydroxylation sites is 1. The van der Waals surface area contributed by atoms with Crippen molar-refractivity contribution in [3.05, 3.63) is 77.0 Å². The van der Waals surface area contributed by atoms with Crippen LogP contribution < -0.4 is 15.4 Å². The molecule has 35 heavy (non-hydrogen) atoms. The Morgan fingerprint density at radius 1 is 1.06 bits per heavy atom. The number of hydrogen-bond donors (Lipinski definition) is 2. The van der Waals surface area contributed by atoms with E-state index in [4.69, 9.17) is 9.15 Å². The topological polar surface area (TPSA) is 106 Å². The fourth-order valence-electron chi connectivity index (χ4n) is 3.67. The molecule has 2 N–H and O–H groups in total. The van der Waals surface area contributed by atoms with Crippen molar-refractivity contribution in [3.63, 3.8) is 0 Å². The molecule has 1 atom stereocenters. The lowest BCUT2D eigenvalue weighted by molar-refractivity contribution is -0.119. The molecule has 0 aliphatic carbocycles. The summed E-state index contributed by atoms with van der Waals surface area (Å²) >= 11 is 1.17. The first-order valence-electron chi connectivity index (χ1n) is 11.1. The molecule has 2 aromatic carbocycles. The molecule has 0 fully saturated rings. The summed E-state index contributed by atoms with van der Waals surface area (Å²) in [6.45, 7) is 5.62. The highest BCUT2D eigenvalue weighted by atomic mass is 32.2. The van der Waals surface area contributed by atoms with Crippen LogP contribution in [0.1, 0.15) is 40.2 Å². The molecule has 0 saturated heterocycles. The summed E-state index contributed by atoms with van der Waals surface area (Å²) in [5, 5.41) is 6.82. The second kappa shape index (κ2) is 10.6. The van der Waals surface area contributed by atoms with E-state index in [1.54, 1.807) is 31.4 Å². The van der Waals surface area contributed by atoms with Crippen molar-refractivity contribution < 1.29 is 18.7 Å². The second-order valence-electron chi connectivity index (χ2n) is 7.96. The molecule has 0 spiro atoms. The quantitative estimate of drug-likeness (QED) is 0.262. The standard InChI is InChI=1S/C26H26N4O4S/c1-15-17(3)34-25-22(15)23(28-24(32)18-10-6-5-7-11-18)29-26(30-25)35-14-21(31)27-16(2)19-12-8-9-13-20(19)33-4/h5-13,16H,14H2,1-4H3,(H,27,31)(H,28,29,30,32)/t16-/m0/s1. The summed E-state index contributed by atoms with van der Waals surface area (Å²) in [6, 6.07) is 16.2. The minimum atomic E-state index is -0.289. The third-order valence-electron chi connectivity index (χ3n) is 5.59. The smallest absolute Gasteiger partial charge is 0.256 e. The van der Waals surface area contributed by atoms with Gasteiger partial charge in [0.1, 0.15) is 17.3 Å². The van der Waals surface area contributed by atoms with Gasteiger partial charge in [-0.2, -0.15) is 4.98 Å². The van der Waals surface area contributed by atoms with Gasteiger partial charge in [-0.05, 0) is 39.0 Å². The van der Waals surface area contributed by atoms with Gasteiger partial charge in [-0.3, -0.25) is 9.59 Å². The van der Waals surface area contributed by atoms with E-state index in [1.807, 2.05) is 51.1 Å². The normalized spacial score (nSPS) is 11.8. The van der Waals surface area contributed by atoms with Crippen LogP contribution in [0.4, 0.5) is 5.82 Å². The van der Waals surface area contributed by atoms with Gasteiger partial charge >= 0.3 is 0 Å². The van der Waals surface area contributed by atoms with Crippen molar-refractivity contribution in [1.29, 1.82) is 0 Å². The van der Waals surface area contributed by atoms with Crippen LogP contribution in [-0.4, -0.2) is 34.6 Å². The molecule has 8 nitrogen and oxygen atoms in total. The summed E-state index contributed by atoms with van der Waals surface area (Å²) in [4.78, 5) is 34.4. The Morgan fingerprint density at radius 3 is 2.51 bits per heavy atom. The molecular formula is C26H26N4O4S. The third-order valence-corrected chi connectivity index (χ3v) is 6.44. The Balaban J connectivity index is 1.51. The van der Waals surface area contributed by atoms with Crippen molar-refractivity contribution in [1.82, 2.24) is 15.3 Å². The maximum atomic E-state index is 12.8. The Labute approximate surface area is 207 Å². The van der Waals surface area contributed by atoms with Crippen molar-refractivity contribution >= 4 is 40.5 Å². The number of aryl methyl sites for hydroxylation is 2. The Morgan fingerprint density at radius 2 is 1.77 bits per heavy atom. The second-order valence-corrected chi connectivity index (χ2v) is 8.90. The zero-order valence-electron chi connectivity index (χ0n) is 19.9. The van der Waals surface area contributed by atoms with E-state index < -0.39 is 0 Å². The van der Waals surface area contributed by atoms with E-state index in [-0.39, 0.29) is 23.6 Å². The third kappa shape index (κ3) is 5.46. The number of furan rings is 1. The van der Waals surface area contributed by atoms with Crippen LogP contribution in [0.3, 0.4) is 0 Å². The monoisotopic (exact) mass is 490 g/mol. The summed E-state index contributed by atoms with van der Waals surface area (Å²) in [6.07, 6.45) is 0. The number of fused-ring (bicyclic) bond motifs is 1. The summed E-state index contributed by atoms with van der Waals surface area (Å²) in [7, 11) is 1.60. The molecule has 0 aliphatic rings. The number of hydrogen-bond acceptors (Lipinski definition) is 7. The van der Waals surface area contributed by atoms with Gasteiger partial charge in [-0.25, -0.2) is 4.98 Å². The van der Waals surface area contributed by atoms with Gasteiger partial charge in [0.05, 0.1) is 24.3 Å². The number of methoxy groups -OCH3 is 1. The van der Waals surface area contributed by atoms with E-state index in [1.165, 1.54) is 11.8 Å². The minimum Gasteiger partial charge on any atom is -0.496 e. The van der Waals surface area contributed by atoms with Crippen molar-refractivity contribution in [2.24, 2.45) is 0 Å². The fourth-order valence-corrected chi connectivity index (χ4v) is 4.32. The van der Waals surface area contributed by atoms with E-state index in [9.17, 15) is 9.59 Å². The van der Waals surface area contributed by atoms with Gasteiger partial charge in [-0.15, -0.1) is 0 Å². The molecule has 0 saturated carbocycles. The van der Waals surface area contributed by atoms with Gasteiger partial charge in [0.15, 0.2) is 5.16 Å². The number of benzene rings is 2. The van der Waals surface area contributed by atoms with Gasteiger partial charge in [0, 0.05) is 16.7 Å². The highest BCUT2D eigenvalue weighted by Crippen LogP contribution is 2.31. The number of anilines is 1. The van der Waals surface area contributed by atoms with Gasteiger partial charge in [0.2, 0.25) is 11.6 Å². The van der Waals surface area contributed by atoms with Gasteiger partial charge in [0.25, 0.3) is 5.91 Å². The van der Waals surface area contributed by atoms with E-state index in [0.717, 1.165) is 11.1 Å². The SMILES string of the molecule is COc1ccccc1[C@H](C)NC(=O)CSc1nc(NC(=O)c2ccccc2)c2c(C)c(C)oc2n1. The number of nitrogens with zero attached hydrogens (tertiary/aromatic N) is 2. The maximum Gasteiger partial charge on any atom is 0.256 e. The minimum absolute atomic E-state index is 0.0930. The largest absolute Gasteiger partial charge is 0.496 e. The van der Waals surface area contributed by atoms with Crippen molar-refractivity contribution in [3.8, 4) is 5.75 Å².